The topological polar surface area (TPSA) is 23.5 Å². The summed E-state index contributed by atoms with van der Waals surface area (Å²) in [5, 5.41) is 9.24. The summed E-state index contributed by atoms with van der Waals surface area (Å²) < 4.78 is 0. The van der Waals surface area contributed by atoms with Gasteiger partial charge in [-0.05, 0) is 34.4 Å². The molecule has 0 aromatic heterocycles. The molecule has 1 N–H and O–H groups in total. The van der Waals surface area contributed by atoms with E-state index in [0.29, 0.717) is 0 Å². The fourth-order valence-electron chi connectivity index (χ4n) is 0.497. The van der Waals surface area contributed by atoms with Crippen LogP contribution in [0.5, 0.6) is 0 Å². The Morgan fingerprint density at radius 2 is 1.70 bits per heavy atom. The Morgan fingerprint density at radius 3 is 1.80 bits per heavy atom. The van der Waals surface area contributed by atoms with Gasteiger partial charge < -0.3 is 10.0 Å². The smallest absolute Gasteiger partial charge is 0.0603 e. The summed E-state index contributed by atoms with van der Waals surface area (Å²) in [6.07, 6.45) is 0.833. The number of aliphatic hydroxyl groups is 1. The molecule has 0 aliphatic carbocycles. The molecule has 0 aromatic carbocycles. The van der Waals surface area contributed by atoms with Gasteiger partial charge in [0.25, 0.3) is 0 Å². The predicted octanol–water partition coefficient (Wildman–Crippen LogP) is 0.707. The van der Waals surface area contributed by atoms with Gasteiger partial charge in [-0.3, -0.25) is 0 Å². The Morgan fingerprint density at radius 1 is 1.30 bits per heavy atom. The maximum Gasteiger partial charge on any atom is 0.0603 e. The molecule has 0 aliphatic rings. The summed E-state index contributed by atoms with van der Waals surface area (Å²) in [5.41, 5.74) is -0.510. The van der Waals surface area contributed by atoms with Crippen molar-refractivity contribution < 1.29 is 26.8 Å². The third-order valence-corrected chi connectivity index (χ3v) is 1.17. The summed E-state index contributed by atoms with van der Waals surface area (Å²) in [5.74, 6) is 0. The fourth-order valence-corrected chi connectivity index (χ4v) is 0.497. The first-order valence-corrected chi connectivity index (χ1v) is 3.29. The first-order chi connectivity index (χ1) is 3.92. The van der Waals surface area contributed by atoms with Crippen LogP contribution in [0.25, 0.3) is 0 Å². The minimum atomic E-state index is -0.510. The van der Waals surface area contributed by atoms with E-state index >= 15 is 0 Å². The first-order valence-electron chi connectivity index (χ1n) is 3.29. The Bertz CT molecular complexity index is 78.2. The molecule has 0 rings (SSSR count). The van der Waals surface area contributed by atoms with Crippen LogP contribution in [0, 0.1) is 0 Å². The summed E-state index contributed by atoms with van der Waals surface area (Å²) in [6, 6.07) is 0. The van der Waals surface area contributed by atoms with Crippen molar-refractivity contribution in [1.82, 2.24) is 4.90 Å². The minimum Gasteiger partial charge on any atom is -0.390 e. The third-order valence-electron chi connectivity index (χ3n) is 1.17. The molecule has 0 bridgehead atoms. The van der Waals surface area contributed by atoms with Crippen LogP contribution in [-0.2, 0) is 21.7 Å². The number of hydrogen-bond acceptors (Lipinski definition) is 2. The molecule has 2 nitrogen and oxygen atoms in total. The average Bonchev–Trinajstić information content (AvgIpc) is 1.59. The van der Waals surface area contributed by atoms with Crippen LogP contribution < -0.4 is 0 Å². The fraction of sp³-hybridized carbons (Fsp3) is 1.00. The first kappa shape index (κ1) is 13.2. The molecule has 0 fully saturated rings. The van der Waals surface area contributed by atoms with E-state index in [1.54, 1.807) is 0 Å². The van der Waals surface area contributed by atoms with Gasteiger partial charge in [0, 0.05) is 28.3 Å². The van der Waals surface area contributed by atoms with Crippen LogP contribution in [-0.4, -0.2) is 36.2 Å². The molecule has 60 valence electrons. The minimum absolute atomic E-state index is 0. The van der Waals surface area contributed by atoms with Gasteiger partial charge in [-0.25, -0.2) is 0 Å². The molecule has 3 heteroatoms. The van der Waals surface area contributed by atoms with Gasteiger partial charge in [0.1, 0.15) is 0 Å². The SMILES string of the molecule is CN(C)CCC(C)(C)O.[Ti]. The van der Waals surface area contributed by atoms with Crippen molar-refractivity contribution in [3.05, 3.63) is 0 Å². The van der Waals surface area contributed by atoms with E-state index in [4.69, 9.17) is 0 Å². The van der Waals surface area contributed by atoms with Crippen molar-refractivity contribution in [2.75, 3.05) is 20.6 Å². The standard InChI is InChI=1S/C7H17NO.Ti/c1-7(2,9)5-6-8(3)4;/h9H,5-6H2,1-4H3;. The normalized spacial score (nSPS) is 11.4. The van der Waals surface area contributed by atoms with E-state index in [-0.39, 0.29) is 21.7 Å². The van der Waals surface area contributed by atoms with E-state index in [2.05, 4.69) is 4.90 Å². The van der Waals surface area contributed by atoms with Gasteiger partial charge in [-0.1, -0.05) is 0 Å². The zero-order chi connectivity index (χ0) is 7.49. The molecule has 0 aromatic rings. The molecular formula is C7H17NOTi. The quantitative estimate of drug-likeness (QED) is 0.645. The van der Waals surface area contributed by atoms with Gasteiger partial charge >= 0.3 is 0 Å². The summed E-state index contributed by atoms with van der Waals surface area (Å²) in [7, 11) is 4.01. The molecule has 0 heterocycles. The summed E-state index contributed by atoms with van der Waals surface area (Å²) in [6.45, 7) is 4.61. The van der Waals surface area contributed by atoms with E-state index in [0.717, 1.165) is 13.0 Å². The average molecular weight is 179 g/mol. The van der Waals surface area contributed by atoms with Crippen LogP contribution >= 0.6 is 0 Å². The Kier molecular flexibility index (Phi) is 7.03. The van der Waals surface area contributed by atoms with Crippen molar-refractivity contribution in [2.45, 2.75) is 25.9 Å². The Labute approximate surface area is 78.5 Å². The molecule has 0 radical (unpaired) electrons. The van der Waals surface area contributed by atoms with Gasteiger partial charge in [0.2, 0.25) is 0 Å². The largest absolute Gasteiger partial charge is 0.390 e. The Hall–Kier alpha value is 0.634. The van der Waals surface area contributed by atoms with Crippen molar-refractivity contribution >= 4 is 0 Å². The number of hydrogen-bond donors (Lipinski definition) is 1. The zero-order valence-corrected chi connectivity index (χ0v) is 8.87. The Balaban J connectivity index is 0. The van der Waals surface area contributed by atoms with Crippen LogP contribution in [0.3, 0.4) is 0 Å². The van der Waals surface area contributed by atoms with E-state index in [1.807, 2.05) is 27.9 Å². The van der Waals surface area contributed by atoms with Crippen LogP contribution in [0.15, 0.2) is 0 Å². The maximum absolute atomic E-state index is 9.24. The molecule has 0 aliphatic heterocycles. The van der Waals surface area contributed by atoms with Crippen LogP contribution in [0.2, 0.25) is 0 Å². The van der Waals surface area contributed by atoms with Gasteiger partial charge in [-0.2, -0.15) is 0 Å². The molecule has 0 saturated carbocycles. The monoisotopic (exact) mass is 179 g/mol. The van der Waals surface area contributed by atoms with Gasteiger partial charge in [0.15, 0.2) is 0 Å². The summed E-state index contributed by atoms with van der Waals surface area (Å²) >= 11 is 0. The molecule has 10 heavy (non-hydrogen) atoms. The van der Waals surface area contributed by atoms with E-state index < -0.39 is 5.60 Å². The summed E-state index contributed by atoms with van der Waals surface area (Å²) in [4.78, 5) is 2.07. The number of rotatable bonds is 3. The van der Waals surface area contributed by atoms with Crippen molar-refractivity contribution in [3.8, 4) is 0 Å². The second kappa shape index (κ2) is 5.31. The van der Waals surface area contributed by atoms with Crippen LogP contribution in [0.1, 0.15) is 20.3 Å². The molecule has 0 unspecified atom stereocenters. The van der Waals surface area contributed by atoms with Gasteiger partial charge in [-0.15, -0.1) is 0 Å². The second-order valence-electron chi connectivity index (χ2n) is 3.37. The van der Waals surface area contributed by atoms with Gasteiger partial charge in [0.05, 0.1) is 5.60 Å². The second-order valence-corrected chi connectivity index (χ2v) is 3.37. The third kappa shape index (κ3) is 11.4. The van der Waals surface area contributed by atoms with E-state index in [1.165, 1.54) is 0 Å². The van der Waals surface area contributed by atoms with Crippen LogP contribution in [0.4, 0.5) is 0 Å². The maximum atomic E-state index is 9.24. The molecule has 0 spiro atoms. The van der Waals surface area contributed by atoms with Crippen molar-refractivity contribution in [3.63, 3.8) is 0 Å². The van der Waals surface area contributed by atoms with E-state index in [9.17, 15) is 5.11 Å². The zero-order valence-electron chi connectivity index (χ0n) is 7.31. The number of nitrogens with zero attached hydrogens (tertiary/aromatic N) is 1. The molecule has 0 atom stereocenters. The van der Waals surface area contributed by atoms with Crippen molar-refractivity contribution in [1.29, 1.82) is 0 Å². The molecule has 0 amide bonds. The molecule has 0 saturated heterocycles. The van der Waals surface area contributed by atoms with Crippen molar-refractivity contribution in [2.24, 2.45) is 0 Å². The predicted molar refractivity (Wildman–Crippen MR) is 39.5 cm³/mol. The molecular weight excluding hydrogens is 162 g/mol.